The van der Waals surface area contributed by atoms with E-state index in [0.717, 1.165) is 47.7 Å². The number of nitrogens with one attached hydrogen (secondary N) is 1. The molecule has 6 rings (SSSR count). The van der Waals surface area contributed by atoms with Crippen LogP contribution in [0.25, 0.3) is 27.7 Å². The zero-order valence-corrected chi connectivity index (χ0v) is 29.5. The largest absolute Gasteiger partial charge is 0.392 e. The number of benzene rings is 3. The van der Waals surface area contributed by atoms with Crippen LogP contribution in [0.2, 0.25) is 0 Å². The number of rotatable bonds is 8. The molecule has 3 aromatic carbocycles. The minimum Gasteiger partial charge on any atom is -0.392 e. The van der Waals surface area contributed by atoms with Crippen LogP contribution in [0.5, 0.6) is 0 Å². The number of amides is 1. The van der Waals surface area contributed by atoms with Crippen LogP contribution < -0.4 is 21.3 Å². The third-order valence-corrected chi connectivity index (χ3v) is 9.38. The lowest BCUT2D eigenvalue weighted by molar-refractivity contribution is -0.111. The van der Waals surface area contributed by atoms with Crippen molar-refractivity contribution >= 4 is 28.1 Å². The Morgan fingerprint density at radius 2 is 1.76 bits per heavy atom. The molecule has 1 amide bonds. The Balaban J connectivity index is 1.40. The second kappa shape index (κ2) is 14.0. The van der Waals surface area contributed by atoms with Gasteiger partial charge in [-0.1, -0.05) is 45.5 Å². The van der Waals surface area contributed by atoms with Gasteiger partial charge in [0.15, 0.2) is 0 Å². The van der Waals surface area contributed by atoms with Gasteiger partial charge < -0.3 is 24.8 Å². The van der Waals surface area contributed by atoms with Crippen molar-refractivity contribution in [3.63, 3.8) is 0 Å². The Labute approximate surface area is 295 Å². The number of aliphatic hydroxyl groups excluding tert-OH is 1. The van der Waals surface area contributed by atoms with Crippen LogP contribution in [0, 0.1) is 5.82 Å². The van der Waals surface area contributed by atoms with E-state index in [9.17, 15) is 19.5 Å². The fourth-order valence-corrected chi connectivity index (χ4v) is 6.42. The minimum atomic E-state index is -0.661. The molecule has 0 atom stereocenters. The van der Waals surface area contributed by atoms with Gasteiger partial charge in [-0.2, -0.15) is 9.78 Å². The van der Waals surface area contributed by atoms with Crippen LogP contribution in [0.3, 0.4) is 0 Å². The molecule has 0 aliphatic carbocycles. The molecule has 0 bridgehead atoms. The number of aliphatic hydroxyl groups is 1. The molecule has 0 spiro atoms. The summed E-state index contributed by atoms with van der Waals surface area (Å²) in [6.07, 6.45) is 4.40. The maximum absolute atomic E-state index is 15.4. The molecule has 1 fully saturated rings. The number of anilines is 2. The maximum Gasteiger partial charge on any atom is 0.282 e. The predicted octanol–water partition coefficient (Wildman–Crippen LogP) is 4.54. The summed E-state index contributed by atoms with van der Waals surface area (Å²) in [6.45, 7) is 12.4. The number of likely N-dealkylation sites (N-methyl/N-ethyl adjacent to an activating group) is 1. The average molecular weight is 692 g/mol. The number of nitrogens with zero attached hydrogens (tertiary/aromatic N) is 6. The zero-order chi connectivity index (χ0) is 36.6. The van der Waals surface area contributed by atoms with E-state index in [0.29, 0.717) is 27.9 Å². The average Bonchev–Trinajstić information content (AvgIpc) is 3.10. The highest BCUT2D eigenvalue weighted by Crippen LogP contribution is 2.31. The van der Waals surface area contributed by atoms with Gasteiger partial charge in [-0.25, -0.2) is 9.37 Å². The summed E-state index contributed by atoms with van der Waals surface area (Å²) in [5.41, 5.74) is 3.41. The second-order valence-electron chi connectivity index (χ2n) is 14.0. The van der Waals surface area contributed by atoms with Gasteiger partial charge in [0.1, 0.15) is 11.5 Å². The van der Waals surface area contributed by atoms with Gasteiger partial charge in [0.05, 0.1) is 40.9 Å². The lowest BCUT2D eigenvalue weighted by Gasteiger charge is -2.35. The molecule has 5 aromatic rings. The minimum absolute atomic E-state index is 0.0999. The molecule has 1 aliphatic heterocycles. The van der Waals surface area contributed by atoms with Gasteiger partial charge >= 0.3 is 0 Å². The Bertz CT molecular complexity index is 2280. The first-order chi connectivity index (χ1) is 24.3. The lowest BCUT2D eigenvalue weighted by atomic mass is 9.86. The first kappa shape index (κ1) is 35.4. The number of piperazine rings is 1. The highest BCUT2D eigenvalue weighted by molar-refractivity contribution is 6.01. The molecule has 2 N–H and O–H groups in total. The molecule has 0 unspecified atom stereocenters. The predicted molar refractivity (Wildman–Crippen MR) is 198 cm³/mol. The number of fused-ring (bicyclic) bond motifs is 1. The summed E-state index contributed by atoms with van der Waals surface area (Å²) < 4.78 is 17.9. The van der Waals surface area contributed by atoms with Crippen LogP contribution in [0.4, 0.5) is 15.8 Å². The van der Waals surface area contributed by atoms with Crippen molar-refractivity contribution < 1.29 is 14.3 Å². The first-order valence-corrected chi connectivity index (χ1v) is 16.8. The van der Waals surface area contributed by atoms with Crippen molar-refractivity contribution in [2.75, 3.05) is 43.4 Å². The molecule has 264 valence electrons. The summed E-state index contributed by atoms with van der Waals surface area (Å²) in [5, 5.41) is 18.2. The number of halogens is 1. The lowest BCUT2D eigenvalue weighted by Crippen LogP contribution is -2.44. The molecule has 0 saturated carbocycles. The molecule has 51 heavy (non-hydrogen) atoms. The van der Waals surface area contributed by atoms with E-state index < -0.39 is 18.0 Å². The Hall–Kier alpha value is -5.46. The fourth-order valence-electron chi connectivity index (χ4n) is 6.42. The number of aryl methyl sites for hydroxylation is 1. The van der Waals surface area contributed by atoms with Gasteiger partial charge in [-0.15, -0.1) is 0 Å². The molecule has 1 aliphatic rings. The van der Waals surface area contributed by atoms with Crippen LogP contribution in [0.1, 0.15) is 43.2 Å². The fraction of sp³-hybridized carbons (Fsp3) is 0.308. The Kier molecular flexibility index (Phi) is 9.74. The number of hydrogen-bond donors (Lipinski definition) is 2. The summed E-state index contributed by atoms with van der Waals surface area (Å²) in [4.78, 5) is 48.7. The molecule has 12 heteroatoms. The molecule has 2 aromatic heterocycles. The van der Waals surface area contributed by atoms with E-state index in [1.165, 1.54) is 22.9 Å². The van der Waals surface area contributed by atoms with Crippen LogP contribution in [-0.4, -0.2) is 68.5 Å². The van der Waals surface area contributed by atoms with Crippen LogP contribution in [-0.2, 0) is 30.3 Å². The number of aromatic nitrogens is 4. The van der Waals surface area contributed by atoms with E-state index in [1.807, 2.05) is 39.0 Å². The van der Waals surface area contributed by atoms with E-state index in [-0.39, 0.29) is 40.1 Å². The van der Waals surface area contributed by atoms with Crippen molar-refractivity contribution in [3.8, 4) is 16.9 Å². The Morgan fingerprint density at radius 1 is 1.02 bits per heavy atom. The van der Waals surface area contributed by atoms with Gasteiger partial charge in [0.2, 0.25) is 5.91 Å². The van der Waals surface area contributed by atoms with Crippen molar-refractivity contribution in [2.24, 2.45) is 7.05 Å². The summed E-state index contributed by atoms with van der Waals surface area (Å²) in [6, 6.07) is 13.9. The molecule has 1 saturated heterocycles. The second-order valence-corrected chi connectivity index (χ2v) is 14.0. The highest BCUT2D eigenvalue weighted by atomic mass is 19.1. The molecule has 0 radical (unpaired) electrons. The van der Waals surface area contributed by atoms with Crippen molar-refractivity contribution in [3.05, 3.63) is 122 Å². The normalized spacial score (nSPS) is 13.8. The zero-order valence-electron chi connectivity index (χ0n) is 29.5. The van der Waals surface area contributed by atoms with Crippen molar-refractivity contribution in [2.45, 2.75) is 39.2 Å². The van der Waals surface area contributed by atoms with Crippen molar-refractivity contribution in [1.29, 1.82) is 0 Å². The third-order valence-electron chi connectivity index (χ3n) is 9.38. The Morgan fingerprint density at radius 3 is 2.45 bits per heavy atom. The van der Waals surface area contributed by atoms with Crippen LogP contribution in [0.15, 0.2) is 83.2 Å². The number of carbonyl (C=O) groups excluding carboxylic acids is 1. The third kappa shape index (κ3) is 7.10. The summed E-state index contributed by atoms with van der Waals surface area (Å²) >= 11 is 0. The maximum atomic E-state index is 15.4. The quantitative estimate of drug-likeness (QED) is 0.227. The summed E-state index contributed by atoms with van der Waals surface area (Å²) in [7, 11) is 3.70. The van der Waals surface area contributed by atoms with E-state index in [2.05, 4.69) is 33.8 Å². The van der Waals surface area contributed by atoms with E-state index in [1.54, 1.807) is 37.5 Å². The number of carbonyl (C=O) groups is 1. The highest BCUT2D eigenvalue weighted by Gasteiger charge is 2.22. The van der Waals surface area contributed by atoms with Gasteiger partial charge in [0, 0.05) is 62.4 Å². The summed E-state index contributed by atoms with van der Waals surface area (Å²) in [5.74, 6) is -0.985. The van der Waals surface area contributed by atoms with E-state index >= 15 is 4.39 Å². The van der Waals surface area contributed by atoms with Crippen LogP contribution >= 0.6 is 0 Å². The smallest absolute Gasteiger partial charge is 0.282 e. The molecule has 11 nitrogen and oxygen atoms in total. The van der Waals surface area contributed by atoms with E-state index in [4.69, 9.17) is 4.98 Å². The molecule has 3 heterocycles. The van der Waals surface area contributed by atoms with Gasteiger partial charge in [-0.05, 0) is 60.0 Å². The molecular formula is C39H42FN7O4. The SMILES string of the molecule is C=CC(=O)Nc1cc(Cc2nc(-c3cccc(-n4ncc5cc(C(C)(C)C)cc(F)c5c4=O)c3CO)cn(C)c2=O)ccc1N1CCN(C)CC1. The van der Waals surface area contributed by atoms with Gasteiger partial charge in [-0.3, -0.25) is 14.4 Å². The first-order valence-electron chi connectivity index (χ1n) is 16.8. The molecular weight excluding hydrogens is 649 g/mol. The topological polar surface area (TPSA) is 126 Å². The van der Waals surface area contributed by atoms with Crippen molar-refractivity contribution in [1.82, 2.24) is 24.2 Å². The monoisotopic (exact) mass is 691 g/mol. The number of hydrogen-bond acceptors (Lipinski definition) is 8. The van der Waals surface area contributed by atoms with Gasteiger partial charge in [0.25, 0.3) is 11.1 Å². The standard InChI is InChI=1S/C39H42FN7O4/c1-7-35(49)43-30-17-24(11-12-34(30)46-15-13-44(5)14-16-46)18-31-37(50)45(6)22-32(42-31)27-9-8-10-33(28(27)23-48)47-38(51)36-25(21-41-47)19-26(20-29(36)40)39(2,3)4/h7-12,17,19-22,48H,1,13-16,18,23H2,2-6H3,(H,43,49).